The van der Waals surface area contributed by atoms with Gasteiger partial charge in [0.1, 0.15) is 30.2 Å². The number of nitrogens with zero attached hydrogens (tertiary/aromatic N) is 3. The molecule has 0 aromatic carbocycles. The molecule has 172 valence electrons. The highest BCUT2D eigenvalue weighted by atomic mass is 19.1. The molecule has 33 heavy (non-hydrogen) atoms. The molecular weight excluding hydrogens is 429 g/mol. The zero-order valence-corrected chi connectivity index (χ0v) is 18.0. The lowest BCUT2D eigenvalue weighted by molar-refractivity contribution is -0.122. The molecule has 9 nitrogen and oxygen atoms in total. The van der Waals surface area contributed by atoms with Crippen LogP contribution in [-0.4, -0.2) is 52.8 Å². The summed E-state index contributed by atoms with van der Waals surface area (Å²) in [5, 5.41) is 3.61. The first-order valence-electron chi connectivity index (χ1n) is 11.3. The van der Waals surface area contributed by atoms with Crippen LogP contribution in [0.15, 0.2) is 24.5 Å². The molecule has 3 aromatic heterocycles. The molecule has 0 spiro atoms. The number of hydrogen-bond acceptors (Lipinski definition) is 7. The molecule has 1 aliphatic carbocycles. The van der Waals surface area contributed by atoms with E-state index in [2.05, 4.69) is 20.3 Å². The number of fused-ring (bicyclic) bond motifs is 4. The molecule has 2 N–H and O–H groups in total. The Morgan fingerprint density at radius 3 is 2.82 bits per heavy atom. The first-order chi connectivity index (χ1) is 16.2. The van der Waals surface area contributed by atoms with Crippen LogP contribution in [0.25, 0.3) is 11.0 Å². The van der Waals surface area contributed by atoms with E-state index in [1.807, 2.05) is 6.07 Å². The average Bonchev–Trinajstić information content (AvgIpc) is 3.27. The van der Waals surface area contributed by atoms with E-state index in [9.17, 15) is 9.18 Å². The van der Waals surface area contributed by atoms with Gasteiger partial charge in [0, 0.05) is 30.4 Å². The Morgan fingerprint density at radius 2 is 1.94 bits per heavy atom. The summed E-state index contributed by atoms with van der Waals surface area (Å²) in [7, 11) is 0. The van der Waals surface area contributed by atoms with Gasteiger partial charge in [0.2, 0.25) is 5.88 Å². The maximum atomic E-state index is 13.8. The summed E-state index contributed by atoms with van der Waals surface area (Å²) < 4.78 is 30.5. The second kappa shape index (κ2) is 8.18. The predicted octanol–water partition coefficient (Wildman–Crippen LogP) is 2.69. The van der Waals surface area contributed by atoms with E-state index in [1.165, 1.54) is 6.07 Å². The monoisotopic (exact) mass is 453 g/mol. The third kappa shape index (κ3) is 3.74. The van der Waals surface area contributed by atoms with Gasteiger partial charge >= 0.3 is 0 Å². The van der Waals surface area contributed by atoms with Crippen molar-refractivity contribution >= 4 is 22.6 Å². The van der Waals surface area contributed by atoms with Gasteiger partial charge in [0.25, 0.3) is 5.91 Å². The van der Waals surface area contributed by atoms with Crippen LogP contribution in [0.3, 0.4) is 0 Å². The molecule has 0 unspecified atom stereocenters. The first-order valence-corrected chi connectivity index (χ1v) is 11.3. The van der Waals surface area contributed by atoms with Crippen LogP contribution < -0.4 is 24.4 Å². The minimum atomic E-state index is -0.474. The fourth-order valence-corrected chi connectivity index (χ4v) is 4.95. The second-order valence-electron chi connectivity index (χ2n) is 8.62. The molecule has 0 saturated heterocycles. The summed E-state index contributed by atoms with van der Waals surface area (Å²) in [5.74, 6) is 1.09. The highest BCUT2D eigenvalue weighted by Crippen LogP contribution is 2.37. The number of nitrogens with one attached hydrogen (secondary N) is 2. The zero-order chi connectivity index (χ0) is 22.4. The number of hydrogen-bond donors (Lipinski definition) is 2. The Kier molecular flexibility index (Phi) is 5.01. The number of carbonyl (C=O) groups excluding carboxylic acids is 1. The van der Waals surface area contributed by atoms with Crippen LogP contribution in [0, 0.1) is 5.82 Å². The van der Waals surface area contributed by atoms with Crippen LogP contribution in [0.2, 0.25) is 0 Å². The van der Waals surface area contributed by atoms with Crippen molar-refractivity contribution in [3.05, 3.63) is 36.0 Å². The SMILES string of the molecule is O=C1COc2ncc(F)cc2N1[C@H]1CC[C@H](NCc2cc3ncc4c(c3[nH]2)OCCO4)CC1. The number of halogens is 1. The Morgan fingerprint density at radius 1 is 1.09 bits per heavy atom. The lowest BCUT2D eigenvalue weighted by Crippen LogP contribution is -2.49. The number of rotatable bonds is 4. The van der Waals surface area contributed by atoms with Crippen molar-refractivity contribution in [3.63, 3.8) is 0 Å². The molecule has 1 saturated carbocycles. The average molecular weight is 453 g/mol. The van der Waals surface area contributed by atoms with Gasteiger partial charge in [-0.3, -0.25) is 9.78 Å². The highest BCUT2D eigenvalue weighted by Gasteiger charge is 2.35. The second-order valence-corrected chi connectivity index (χ2v) is 8.62. The van der Waals surface area contributed by atoms with Crippen molar-refractivity contribution in [2.45, 2.75) is 44.3 Å². The van der Waals surface area contributed by atoms with E-state index in [-0.39, 0.29) is 18.6 Å². The van der Waals surface area contributed by atoms with Crippen molar-refractivity contribution < 1.29 is 23.4 Å². The van der Waals surface area contributed by atoms with Crippen molar-refractivity contribution in [3.8, 4) is 17.4 Å². The third-order valence-corrected chi connectivity index (χ3v) is 6.51. The Balaban J connectivity index is 1.10. The van der Waals surface area contributed by atoms with Crippen LogP contribution in [0.5, 0.6) is 17.4 Å². The normalized spacial score (nSPS) is 22.2. The zero-order valence-electron chi connectivity index (χ0n) is 18.0. The van der Waals surface area contributed by atoms with Crippen LogP contribution in [0.1, 0.15) is 31.4 Å². The fourth-order valence-electron chi connectivity index (χ4n) is 4.95. The maximum Gasteiger partial charge on any atom is 0.265 e. The van der Waals surface area contributed by atoms with Gasteiger partial charge < -0.3 is 29.4 Å². The molecule has 0 radical (unpaired) electrons. The summed E-state index contributed by atoms with van der Waals surface area (Å²) in [6.45, 7) is 1.68. The quantitative estimate of drug-likeness (QED) is 0.626. The minimum Gasteiger partial charge on any atom is -0.484 e. The van der Waals surface area contributed by atoms with E-state index in [1.54, 1.807) is 11.1 Å². The molecule has 1 amide bonds. The number of pyridine rings is 2. The summed E-state index contributed by atoms with van der Waals surface area (Å²) in [6, 6.07) is 3.70. The smallest absolute Gasteiger partial charge is 0.265 e. The number of amides is 1. The van der Waals surface area contributed by atoms with E-state index >= 15 is 0 Å². The fraction of sp³-hybridized carbons (Fsp3) is 0.435. The van der Waals surface area contributed by atoms with Crippen LogP contribution in [0.4, 0.5) is 10.1 Å². The molecule has 6 rings (SSSR count). The van der Waals surface area contributed by atoms with Crippen LogP contribution >= 0.6 is 0 Å². The number of carbonyl (C=O) groups is 1. The van der Waals surface area contributed by atoms with Crippen molar-refractivity contribution in [2.24, 2.45) is 0 Å². The number of ether oxygens (including phenoxy) is 3. The Bertz CT molecular complexity index is 1210. The molecule has 3 aromatic rings. The Hall–Kier alpha value is -3.40. The van der Waals surface area contributed by atoms with Crippen molar-refractivity contribution in [1.82, 2.24) is 20.3 Å². The molecule has 10 heteroatoms. The van der Waals surface area contributed by atoms with Gasteiger partial charge in [-0.1, -0.05) is 0 Å². The van der Waals surface area contributed by atoms with E-state index in [0.29, 0.717) is 43.1 Å². The van der Waals surface area contributed by atoms with Crippen molar-refractivity contribution in [2.75, 3.05) is 24.7 Å². The number of aromatic amines is 1. The lowest BCUT2D eigenvalue weighted by Gasteiger charge is -2.39. The number of anilines is 1. The van der Waals surface area contributed by atoms with E-state index in [4.69, 9.17) is 14.2 Å². The van der Waals surface area contributed by atoms with Gasteiger partial charge in [-0.25, -0.2) is 9.37 Å². The topological polar surface area (TPSA) is 102 Å². The molecular formula is C23H24FN5O4. The lowest BCUT2D eigenvalue weighted by atomic mass is 9.89. The van der Waals surface area contributed by atoms with Gasteiger partial charge in [-0.05, 0) is 31.7 Å². The number of aromatic nitrogens is 3. The summed E-state index contributed by atoms with van der Waals surface area (Å²) in [5.41, 5.74) is 3.17. The number of H-pyrrole nitrogens is 1. The Labute approximate surface area is 189 Å². The first kappa shape index (κ1) is 20.2. The highest BCUT2D eigenvalue weighted by molar-refractivity contribution is 5.98. The largest absolute Gasteiger partial charge is 0.484 e. The van der Waals surface area contributed by atoms with E-state index < -0.39 is 5.82 Å². The standard InChI is InChI=1S/C23H24FN5O4/c24-13-7-18-23(27-9-13)33-12-20(30)29(18)16-3-1-14(2-4-16)25-10-15-8-17-21(28-15)22-19(11-26-17)31-5-6-32-22/h7-9,11,14,16,25,28H,1-6,10,12H2/t14-,16-. The van der Waals surface area contributed by atoms with Gasteiger partial charge in [0.05, 0.1) is 17.9 Å². The van der Waals surface area contributed by atoms with Crippen LogP contribution in [-0.2, 0) is 11.3 Å². The van der Waals surface area contributed by atoms with Gasteiger partial charge in [-0.2, -0.15) is 0 Å². The molecule has 0 atom stereocenters. The minimum absolute atomic E-state index is 0.0164. The van der Waals surface area contributed by atoms with E-state index in [0.717, 1.165) is 54.4 Å². The summed E-state index contributed by atoms with van der Waals surface area (Å²) in [6.07, 6.45) is 6.30. The van der Waals surface area contributed by atoms with Crippen molar-refractivity contribution in [1.29, 1.82) is 0 Å². The van der Waals surface area contributed by atoms with Gasteiger partial charge in [-0.15, -0.1) is 0 Å². The molecule has 0 bridgehead atoms. The molecule has 3 aliphatic rings. The summed E-state index contributed by atoms with van der Waals surface area (Å²) >= 11 is 0. The summed E-state index contributed by atoms with van der Waals surface area (Å²) in [4.78, 5) is 26.1. The molecule has 5 heterocycles. The van der Waals surface area contributed by atoms with Gasteiger partial charge in [0.15, 0.2) is 18.1 Å². The molecule has 2 aliphatic heterocycles. The maximum absolute atomic E-state index is 13.8. The predicted molar refractivity (Wildman–Crippen MR) is 117 cm³/mol. The third-order valence-electron chi connectivity index (χ3n) is 6.51. The molecule has 1 fully saturated rings.